The summed E-state index contributed by atoms with van der Waals surface area (Å²) in [4.78, 5) is 30.1. The van der Waals surface area contributed by atoms with Crippen molar-refractivity contribution in [1.82, 2.24) is 9.97 Å². The Bertz CT molecular complexity index is 755. The fourth-order valence-electron chi connectivity index (χ4n) is 1.96. The number of H-pyrrole nitrogens is 1. The maximum absolute atomic E-state index is 12.6. The van der Waals surface area contributed by atoms with Gasteiger partial charge in [0, 0.05) is 5.56 Å². The van der Waals surface area contributed by atoms with E-state index in [0.29, 0.717) is 5.56 Å². The van der Waals surface area contributed by atoms with E-state index in [1.807, 2.05) is 0 Å². The van der Waals surface area contributed by atoms with Crippen molar-refractivity contribution in [3.8, 4) is 11.4 Å². The molecular weight excluding hydrogens is 313 g/mol. The molecule has 0 radical (unpaired) electrons. The van der Waals surface area contributed by atoms with Crippen molar-refractivity contribution < 1.29 is 22.7 Å². The van der Waals surface area contributed by atoms with Crippen molar-refractivity contribution in [2.75, 3.05) is 6.61 Å². The van der Waals surface area contributed by atoms with Crippen LogP contribution in [0, 0.1) is 0 Å². The van der Waals surface area contributed by atoms with Crippen molar-refractivity contribution in [1.29, 1.82) is 0 Å². The van der Waals surface area contributed by atoms with E-state index in [1.54, 1.807) is 30.3 Å². The first-order valence-electron chi connectivity index (χ1n) is 6.74. The summed E-state index contributed by atoms with van der Waals surface area (Å²) in [7, 11) is 0. The van der Waals surface area contributed by atoms with Crippen LogP contribution in [0.25, 0.3) is 11.4 Å². The first-order valence-corrected chi connectivity index (χ1v) is 6.74. The summed E-state index contributed by atoms with van der Waals surface area (Å²) < 4.78 is 42.6. The molecule has 0 unspecified atom stereocenters. The Balaban J connectivity index is 2.59. The van der Waals surface area contributed by atoms with E-state index < -0.39 is 35.4 Å². The first-order chi connectivity index (χ1) is 10.8. The number of ether oxygens (including phenoxy) is 1. The number of benzene rings is 1. The summed E-state index contributed by atoms with van der Waals surface area (Å²) in [5.41, 5.74) is -1.92. The van der Waals surface area contributed by atoms with E-state index in [4.69, 9.17) is 4.74 Å². The van der Waals surface area contributed by atoms with Gasteiger partial charge in [0.1, 0.15) is 5.82 Å². The molecule has 5 nitrogen and oxygen atoms in total. The van der Waals surface area contributed by atoms with Crippen LogP contribution in [0.5, 0.6) is 0 Å². The minimum atomic E-state index is -4.65. The third-order valence-electron chi connectivity index (χ3n) is 2.91. The molecule has 0 aliphatic rings. The Hall–Kier alpha value is -2.64. The van der Waals surface area contributed by atoms with Gasteiger partial charge in [-0.15, -0.1) is 0 Å². The molecule has 0 aliphatic heterocycles. The Morgan fingerprint density at radius 2 is 1.91 bits per heavy atom. The normalized spacial score (nSPS) is 11.3. The van der Waals surface area contributed by atoms with Gasteiger partial charge in [-0.25, -0.2) is 9.78 Å². The fraction of sp³-hybridized carbons (Fsp3) is 0.267. The molecule has 23 heavy (non-hydrogen) atoms. The quantitative estimate of drug-likeness (QED) is 0.877. The van der Waals surface area contributed by atoms with E-state index in [0.717, 1.165) is 0 Å². The molecule has 0 amide bonds. The van der Waals surface area contributed by atoms with E-state index in [2.05, 4.69) is 9.97 Å². The smallest absolute Gasteiger partial charge is 0.393 e. The molecule has 122 valence electrons. The molecule has 0 atom stereocenters. The van der Waals surface area contributed by atoms with Gasteiger partial charge in [0.25, 0.3) is 5.56 Å². The van der Waals surface area contributed by atoms with Crippen LogP contribution in [0.1, 0.15) is 23.0 Å². The van der Waals surface area contributed by atoms with Gasteiger partial charge in [0.05, 0.1) is 18.6 Å². The van der Waals surface area contributed by atoms with Gasteiger partial charge in [0.2, 0.25) is 0 Å². The summed E-state index contributed by atoms with van der Waals surface area (Å²) in [6, 6.07) is 8.28. The number of rotatable bonds is 4. The average Bonchev–Trinajstić information content (AvgIpc) is 2.49. The number of esters is 1. The predicted molar refractivity (Wildman–Crippen MR) is 76.0 cm³/mol. The van der Waals surface area contributed by atoms with Crippen LogP contribution < -0.4 is 5.56 Å². The Morgan fingerprint density at radius 1 is 1.26 bits per heavy atom. The van der Waals surface area contributed by atoms with Gasteiger partial charge in [-0.1, -0.05) is 30.3 Å². The van der Waals surface area contributed by atoms with Crippen LogP contribution in [0.3, 0.4) is 0 Å². The molecule has 0 saturated heterocycles. The number of carbonyl (C=O) groups is 1. The van der Waals surface area contributed by atoms with E-state index in [-0.39, 0.29) is 12.4 Å². The number of aromatic amines is 1. The highest BCUT2D eigenvalue weighted by atomic mass is 19.4. The standard InChI is InChI=1S/C15H13F3N2O3/c1-2-23-14(22)11-10(8-15(16,17)18)13(21)20-12(19-11)9-6-4-3-5-7-9/h3-7H,2,8H2,1H3,(H,19,20,21). The number of hydrogen-bond acceptors (Lipinski definition) is 4. The molecule has 0 aliphatic carbocycles. The third-order valence-corrected chi connectivity index (χ3v) is 2.91. The van der Waals surface area contributed by atoms with Crippen molar-refractivity contribution in [3.05, 3.63) is 51.9 Å². The van der Waals surface area contributed by atoms with Crippen molar-refractivity contribution in [3.63, 3.8) is 0 Å². The number of alkyl halides is 3. The SMILES string of the molecule is CCOC(=O)c1nc(-c2ccccc2)[nH]c(=O)c1CC(F)(F)F. The number of nitrogens with one attached hydrogen (secondary N) is 1. The largest absolute Gasteiger partial charge is 0.461 e. The number of carbonyl (C=O) groups excluding carboxylic acids is 1. The predicted octanol–water partition coefficient (Wildman–Crippen LogP) is 2.72. The Labute approximate surface area is 129 Å². The monoisotopic (exact) mass is 326 g/mol. The summed E-state index contributed by atoms with van der Waals surface area (Å²) >= 11 is 0. The minimum Gasteiger partial charge on any atom is -0.461 e. The van der Waals surface area contributed by atoms with Gasteiger partial charge >= 0.3 is 12.1 Å². The van der Waals surface area contributed by atoms with Crippen molar-refractivity contribution in [2.45, 2.75) is 19.5 Å². The van der Waals surface area contributed by atoms with Crippen LogP contribution in [0.15, 0.2) is 35.1 Å². The molecule has 0 bridgehead atoms. The van der Waals surface area contributed by atoms with Crippen LogP contribution in [0.2, 0.25) is 0 Å². The van der Waals surface area contributed by atoms with Crippen LogP contribution in [-0.2, 0) is 11.2 Å². The maximum Gasteiger partial charge on any atom is 0.393 e. The van der Waals surface area contributed by atoms with E-state index in [1.165, 1.54) is 6.92 Å². The zero-order chi connectivity index (χ0) is 17.0. The fourth-order valence-corrected chi connectivity index (χ4v) is 1.96. The van der Waals surface area contributed by atoms with Crippen LogP contribution >= 0.6 is 0 Å². The molecular formula is C15H13F3N2O3. The Morgan fingerprint density at radius 3 is 2.48 bits per heavy atom. The molecule has 1 aromatic heterocycles. The molecule has 1 aromatic carbocycles. The second kappa shape index (κ2) is 6.64. The molecule has 0 spiro atoms. The third kappa shape index (κ3) is 4.18. The van der Waals surface area contributed by atoms with Crippen LogP contribution in [0.4, 0.5) is 13.2 Å². The first kappa shape index (κ1) is 16.7. The molecule has 1 N–H and O–H groups in total. The summed E-state index contributed by atoms with van der Waals surface area (Å²) in [6.07, 6.45) is -6.21. The lowest BCUT2D eigenvalue weighted by atomic mass is 10.1. The van der Waals surface area contributed by atoms with Gasteiger partial charge in [-0.3, -0.25) is 4.79 Å². The number of hydrogen-bond donors (Lipinski definition) is 1. The second-order valence-corrected chi connectivity index (χ2v) is 4.62. The molecule has 2 aromatic rings. The minimum absolute atomic E-state index is 0.00424. The van der Waals surface area contributed by atoms with Gasteiger partial charge in [-0.2, -0.15) is 13.2 Å². The van der Waals surface area contributed by atoms with E-state index in [9.17, 15) is 22.8 Å². The van der Waals surface area contributed by atoms with Crippen molar-refractivity contribution in [2.24, 2.45) is 0 Å². The summed E-state index contributed by atoms with van der Waals surface area (Å²) in [6.45, 7) is 1.46. The molecule has 2 rings (SSSR count). The molecule has 0 fully saturated rings. The van der Waals surface area contributed by atoms with Crippen molar-refractivity contribution >= 4 is 5.97 Å². The zero-order valence-electron chi connectivity index (χ0n) is 12.1. The van der Waals surface area contributed by atoms with Gasteiger partial charge in [0.15, 0.2) is 5.69 Å². The van der Waals surface area contributed by atoms with Gasteiger partial charge < -0.3 is 9.72 Å². The molecule has 1 heterocycles. The number of halogens is 3. The summed E-state index contributed by atoms with van der Waals surface area (Å²) in [5.74, 6) is -1.06. The number of nitrogens with zero attached hydrogens (tertiary/aromatic N) is 1. The lowest BCUT2D eigenvalue weighted by Gasteiger charge is -2.11. The molecule has 8 heteroatoms. The Kier molecular flexibility index (Phi) is 4.83. The zero-order valence-corrected chi connectivity index (χ0v) is 12.1. The second-order valence-electron chi connectivity index (χ2n) is 4.62. The highest BCUT2D eigenvalue weighted by Crippen LogP contribution is 2.22. The number of aromatic nitrogens is 2. The topological polar surface area (TPSA) is 72.0 Å². The highest BCUT2D eigenvalue weighted by molar-refractivity contribution is 5.89. The lowest BCUT2D eigenvalue weighted by Crippen LogP contribution is -2.27. The average molecular weight is 326 g/mol. The van der Waals surface area contributed by atoms with Crippen LogP contribution in [-0.4, -0.2) is 28.7 Å². The van der Waals surface area contributed by atoms with Gasteiger partial charge in [-0.05, 0) is 6.92 Å². The lowest BCUT2D eigenvalue weighted by molar-refractivity contribution is -0.127. The molecule has 0 saturated carbocycles. The van der Waals surface area contributed by atoms with E-state index >= 15 is 0 Å². The maximum atomic E-state index is 12.6. The highest BCUT2D eigenvalue weighted by Gasteiger charge is 2.33. The summed E-state index contributed by atoms with van der Waals surface area (Å²) in [5, 5.41) is 0.